The van der Waals surface area contributed by atoms with E-state index in [1.807, 2.05) is 0 Å². The molecule has 12 heteroatoms. The number of thioether (sulfide) groups is 1. The topological polar surface area (TPSA) is 134 Å². The first-order chi connectivity index (χ1) is 15.3. The molecule has 1 aromatic heterocycles. The Kier molecular flexibility index (Phi) is 4.86. The third-order valence-electron chi connectivity index (χ3n) is 5.60. The Morgan fingerprint density at radius 1 is 1.25 bits per heavy atom. The second kappa shape index (κ2) is 7.48. The number of rotatable bonds is 3. The highest BCUT2D eigenvalue weighted by Crippen LogP contribution is 2.54. The Morgan fingerprint density at radius 2 is 2.09 bits per heavy atom. The summed E-state index contributed by atoms with van der Waals surface area (Å²) in [6.07, 6.45) is -1.83. The fourth-order valence-corrected chi connectivity index (χ4v) is 5.15. The lowest BCUT2D eigenvalue weighted by atomic mass is 9.76. The molecule has 0 aliphatic carbocycles. The lowest BCUT2D eigenvalue weighted by molar-refractivity contribution is -0.287. The number of alkyl halides is 2. The molecule has 4 heterocycles. The van der Waals surface area contributed by atoms with Crippen LogP contribution in [0.5, 0.6) is 11.5 Å². The summed E-state index contributed by atoms with van der Waals surface area (Å²) in [4.78, 5) is 21.3. The summed E-state index contributed by atoms with van der Waals surface area (Å²) in [5.41, 5.74) is 11.6. The molecule has 0 saturated carbocycles. The highest BCUT2D eigenvalue weighted by molar-refractivity contribution is 8.13. The maximum Gasteiger partial charge on any atom is 0.586 e. The Labute approximate surface area is 185 Å². The third kappa shape index (κ3) is 3.58. The summed E-state index contributed by atoms with van der Waals surface area (Å²) in [7, 11) is 0. The van der Waals surface area contributed by atoms with E-state index in [2.05, 4.69) is 15.3 Å². The fraction of sp³-hybridized carbons (Fsp3) is 0.350. The van der Waals surface area contributed by atoms with Gasteiger partial charge in [-0.2, -0.15) is 0 Å². The quantitative estimate of drug-likeness (QED) is 0.632. The number of aliphatic imine (C=N–C) groups is 1. The molecule has 32 heavy (non-hydrogen) atoms. The second-order valence-corrected chi connectivity index (χ2v) is 8.71. The average molecular weight is 463 g/mol. The first kappa shape index (κ1) is 20.8. The van der Waals surface area contributed by atoms with Crippen molar-refractivity contribution in [2.45, 2.75) is 18.3 Å². The number of carbonyl (C=O) groups is 1. The maximum atomic E-state index is 14.0. The number of aromatic nitrogens is 1. The fourth-order valence-electron chi connectivity index (χ4n) is 4.11. The highest BCUT2D eigenvalue weighted by Gasteiger charge is 2.52. The first-order valence-corrected chi connectivity index (χ1v) is 10.8. The van der Waals surface area contributed by atoms with Crippen molar-refractivity contribution in [1.82, 2.24) is 4.98 Å². The SMILES string of the molecule is NC1=NC2(c3cc(NC(=O)c4ccc(N)cn4)cc4c3OC(F)(F)O4)COCCC2CS1. The predicted octanol–water partition coefficient (Wildman–Crippen LogP) is 2.53. The molecule has 2 atom stereocenters. The van der Waals surface area contributed by atoms with Crippen LogP contribution >= 0.6 is 11.8 Å². The molecular weight excluding hydrogens is 444 g/mol. The van der Waals surface area contributed by atoms with Gasteiger partial charge in [-0.05, 0) is 24.6 Å². The number of nitrogens with zero attached hydrogens (tertiary/aromatic N) is 2. The van der Waals surface area contributed by atoms with E-state index in [1.54, 1.807) is 6.07 Å². The number of hydrogen-bond acceptors (Lipinski definition) is 9. The minimum Gasteiger partial charge on any atom is -0.397 e. The number of benzene rings is 1. The van der Waals surface area contributed by atoms with Gasteiger partial charge < -0.3 is 31.0 Å². The zero-order chi connectivity index (χ0) is 22.5. The lowest BCUT2D eigenvalue weighted by Crippen LogP contribution is -2.47. The van der Waals surface area contributed by atoms with Gasteiger partial charge in [0, 0.05) is 35.6 Å². The number of amidine groups is 1. The zero-order valence-electron chi connectivity index (χ0n) is 16.6. The number of halogens is 2. The van der Waals surface area contributed by atoms with Crippen molar-refractivity contribution < 1.29 is 27.8 Å². The molecule has 5 N–H and O–H groups in total. The largest absolute Gasteiger partial charge is 0.586 e. The summed E-state index contributed by atoms with van der Waals surface area (Å²) in [5, 5.41) is 2.99. The van der Waals surface area contributed by atoms with Crippen LogP contribution in [-0.4, -0.2) is 41.3 Å². The van der Waals surface area contributed by atoms with Crippen LogP contribution in [0.25, 0.3) is 0 Å². The van der Waals surface area contributed by atoms with E-state index in [1.165, 1.54) is 36.2 Å². The van der Waals surface area contributed by atoms with Crippen molar-refractivity contribution >= 4 is 34.2 Å². The number of carbonyl (C=O) groups excluding carboxylic acids is 1. The van der Waals surface area contributed by atoms with E-state index in [9.17, 15) is 13.6 Å². The Balaban J connectivity index is 1.59. The second-order valence-electron chi connectivity index (χ2n) is 7.67. The molecule has 168 valence electrons. The van der Waals surface area contributed by atoms with E-state index in [4.69, 9.17) is 25.7 Å². The van der Waals surface area contributed by atoms with Gasteiger partial charge in [-0.1, -0.05) is 11.8 Å². The summed E-state index contributed by atoms with van der Waals surface area (Å²) < 4.78 is 43.3. The smallest absolute Gasteiger partial charge is 0.397 e. The molecule has 5 rings (SSSR count). The number of nitrogen functional groups attached to an aromatic ring is 1. The zero-order valence-corrected chi connectivity index (χ0v) is 17.5. The van der Waals surface area contributed by atoms with E-state index < -0.39 is 17.7 Å². The Hall–Kier alpha value is -3.12. The number of amides is 1. The van der Waals surface area contributed by atoms with Crippen LogP contribution in [0, 0.1) is 5.92 Å². The minimum absolute atomic E-state index is 0.0276. The molecule has 0 spiro atoms. The van der Waals surface area contributed by atoms with Crippen LogP contribution in [-0.2, 0) is 10.3 Å². The van der Waals surface area contributed by atoms with Crippen LogP contribution in [0.3, 0.4) is 0 Å². The molecule has 9 nitrogen and oxygen atoms in total. The van der Waals surface area contributed by atoms with Gasteiger partial charge in [-0.3, -0.25) is 4.79 Å². The van der Waals surface area contributed by atoms with Crippen molar-refractivity contribution in [1.29, 1.82) is 0 Å². The van der Waals surface area contributed by atoms with Crippen LogP contribution in [0.4, 0.5) is 20.2 Å². The molecule has 1 saturated heterocycles. The van der Waals surface area contributed by atoms with Crippen LogP contribution in [0.1, 0.15) is 22.5 Å². The predicted molar refractivity (Wildman–Crippen MR) is 114 cm³/mol. The molecule has 0 bridgehead atoms. The number of nitrogens with one attached hydrogen (secondary N) is 1. The van der Waals surface area contributed by atoms with Gasteiger partial charge in [0.05, 0.1) is 18.5 Å². The number of nitrogens with two attached hydrogens (primary N) is 2. The third-order valence-corrected chi connectivity index (χ3v) is 6.55. The molecule has 3 aliphatic rings. The van der Waals surface area contributed by atoms with E-state index in [-0.39, 0.29) is 35.4 Å². The minimum atomic E-state index is -3.85. The number of pyridine rings is 1. The maximum absolute atomic E-state index is 14.0. The average Bonchev–Trinajstić information content (AvgIpc) is 3.07. The van der Waals surface area contributed by atoms with Crippen LogP contribution in [0.15, 0.2) is 35.5 Å². The van der Waals surface area contributed by atoms with Gasteiger partial charge in [0.2, 0.25) is 0 Å². The molecule has 2 aromatic rings. The Morgan fingerprint density at radius 3 is 2.88 bits per heavy atom. The number of anilines is 2. The number of fused-ring (bicyclic) bond motifs is 2. The molecule has 1 aromatic carbocycles. The van der Waals surface area contributed by atoms with E-state index >= 15 is 0 Å². The number of hydrogen-bond donors (Lipinski definition) is 3. The van der Waals surface area contributed by atoms with Gasteiger partial charge in [-0.25, -0.2) is 9.98 Å². The van der Waals surface area contributed by atoms with Crippen molar-refractivity contribution in [3.05, 3.63) is 41.7 Å². The van der Waals surface area contributed by atoms with Gasteiger partial charge in [-0.15, -0.1) is 8.78 Å². The van der Waals surface area contributed by atoms with Gasteiger partial charge in [0.25, 0.3) is 5.91 Å². The lowest BCUT2D eigenvalue weighted by Gasteiger charge is -2.44. The van der Waals surface area contributed by atoms with E-state index in [0.29, 0.717) is 35.2 Å². The standard InChI is InChI=1S/C20H19F2N5O4S/c21-20(22)30-15-6-12(26-17(28)14-2-1-11(23)7-25-14)5-13(16(15)31-20)19-9-29-4-3-10(19)8-32-18(24)27-19/h1-2,5-7,10H,3-4,8-9,23H2,(H2,24,27)(H,26,28). The molecule has 1 amide bonds. The van der Waals surface area contributed by atoms with Crippen molar-refractivity contribution in [2.24, 2.45) is 16.6 Å². The molecular formula is C20H19F2N5O4S. The summed E-state index contributed by atoms with van der Waals surface area (Å²) in [6, 6.07) is 5.82. The van der Waals surface area contributed by atoms with Crippen molar-refractivity contribution in [3.8, 4) is 11.5 Å². The van der Waals surface area contributed by atoms with Gasteiger partial charge in [0.15, 0.2) is 16.7 Å². The van der Waals surface area contributed by atoms with E-state index in [0.717, 1.165) is 0 Å². The highest BCUT2D eigenvalue weighted by atomic mass is 32.2. The monoisotopic (exact) mass is 463 g/mol. The van der Waals surface area contributed by atoms with Gasteiger partial charge >= 0.3 is 6.29 Å². The molecule has 2 unspecified atom stereocenters. The first-order valence-electron chi connectivity index (χ1n) is 9.79. The summed E-state index contributed by atoms with van der Waals surface area (Å²) >= 11 is 1.41. The number of ether oxygens (including phenoxy) is 3. The molecule has 3 aliphatic heterocycles. The normalized spacial score (nSPS) is 25.6. The Bertz CT molecular complexity index is 1110. The molecule has 1 fully saturated rings. The molecule has 0 radical (unpaired) electrons. The summed E-state index contributed by atoms with van der Waals surface area (Å²) in [5.74, 6) is -0.273. The van der Waals surface area contributed by atoms with Crippen LogP contribution in [0.2, 0.25) is 0 Å². The summed E-state index contributed by atoms with van der Waals surface area (Å²) in [6.45, 7) is 0.661. The van der Waals surface area contributed by atoms with Crippen molar-refractivity contribution in [3.63, 3.8) is 0 Å². The van der Waals surface area contributed by atoms with Crippen molar-refractivity contribution in [2.75, 3.05) is 30.0 Å². The van der Waals surface area contributed by atoms with Crippen LogP contribution < -0.4 is 26.3 Å². The van der Waals surface area contributed by atoms with Gasteiger partial charge in [0.1, 0.15) is 11.2 Å².